The SMILES string of the molecule is CCCCCCCCCN1CCc2c(C)c(CC(=O)O)c(C)c(NC(=O)C(C)(C)C)c21.O=S(=O)(O)O. The van der Waals surface area contributed by atoms with E-state index in [1.165, 1.54) is 44.1 Å². The molecule has 0 aliphatic carbocycles. The Morgan fingerprint density at radius 2 is 1.50 bits per heavy atom. The molecule has 0 saturated heterocycles. The van der Waals surface area contributed by atoms with Crippen molar-refractivity contribution in [2.45, 2.75) is 99.3 Å². The average Bonchev–Trinajstić information content (AvgIpc) is 3.15. The van der Waals surface area contributed by atoms with Crippen LogP contribution in [0.2, 0.25) is 0 Å². The number of benzene rings is 1. The number of hydrogen-bond donors (Lipinski definition) is 4. The van der Waals surface area contributed by atoms with E-state index < -0.39 is 21.8 Å². The Bertz CT molecular complexity index is 1010. The lowest BCUT2D eigenvalue weighted by molar-refractivity contribution is -0.136. The molecule has 0 unspecified atom stereocenters. The van der Waals surface area contributed by atoms with Crippen molar-refractivity contribution in [3.63, 3.8) is 0 Å². The number of carbonyl (C=O) groups is 2. The topological polar surface area (TPSA) is 144 Å². The number of amides is 1. The van der Waals surface area contributed by atoms with Crippen LogP contribution >= 0.6 is 0 Å². The maximum Gasteiger partial charge on any atom is 0.394 e. The van der Waals surface area contributed by atoms with Crippen molar-refractivity contribution >= 4 is 33.7 Å². The molecule has 0 bridgehead atoms. The Labute approximate surface area is 216 Å². The summed E-state index contributed by atoms with van der Waals surface area (Å²) in [4.78, 5) is 26.8. The van der Waals surface area contributed by atoms with Crippen molar-refractivity contribution in [2.24, 2.45) is 5.41 Å². The van der Waals surface area contributed by atoms with Gasteiger partial charge in [0.15, 0.2) is 0 Å². The Hall–Kier alpha value is -2.17. The number of nitrogens with one attached hydrogen (secondary N) is 1. The van der Waals surface area contributed by atoms with E-state index in [1.54, 1.807) is 0 Å². The van der Waals surface area contributed by atoms with Gasteiger partial charge in [-0.05, 0) is 48.9 Å². The predicted octanol–water partition coefficient (Wildman–Crippen LogP) is 5.38. The van der Waals surface area contributed by atoms with E-state index in [4.69, 9.17) is 17.5 Å². The Morgan fingerprint density at radius 3 is 2.00 bits per heavy atom. The van der Waals surface area contributed by atoms with E-state index in [0.717, 1.165) is 54.0 Å². The molecule has 1 aromatic carbocycles. The van der Waals surface area contributed by atoms with Gasteiger partial charge in [0.25, 0.3) is 0 Å². The zero-order chi connectivity index (χ0) is 27.7. The van der Waals surface area contributed by atoms with Gasteiger partial charge in [-0.2, -0.15) is 8.42 Å². The molecule has 10 heteroatoms. The first-order valence-electron chi connectivity index (χ1n) is 12.7. The molecule has 1 aromatic rings. The zero-order valence-corrected chi connectivity index (χ0v) is 23.4. The van der Waals surface area contributed by atoms with Gasteiger partial charge in [0, 0.05) is 18.5 Å². The summed E-state index contributed by atoms with van der Waals surface area (Å²) in [5.41, 5.74) is 5.43. The van der Waals surface area contributed by atoms with Gasteiger partial charge in [0.05, 0.1) is 17.8 Å². The van der Waals surface area contributed by atoms with Gasteiger partial charge in [-0.25, -0.2) is 0 Å². The Balaban J connectivity index is 0.00000118. The number of carboxylic acid groups (broad SMARTS) is 1. The molecule has 2 rings (SSSR count). The molecular formula is C26H44N2O7S. The fourth-order valence-electron chi connectivity index (χ4n) is 4.49. The predicted molar refractivity (Wildman–Crippen MR) is 143 cm³/mol. The second-order valence-corrected chi connectivity index (χ2v) is 11.4. The number of rotatable bonds is 11. The van der Waals surface area contributed by atoms with E-state index in [-0.39, 0.29) is 12.3 Å². The van der Waals surface area contributed by atoms with Gasteiger partial charge in [0.1, 0.15) is 0 Å². The van der Waals surface area contributed by atoms with Gasteiger partial charge < -0.3 is 15.3 Å². The monoisotopic (exact) mass is 528 g/mol. The Morgan fingerprint density at radius 1 is 0.972 bits per heavy atom. The molecular weight excluding hydrogens is 484 g/mol. The summed E-state index contributed by atoms with van der Waals surface area (Å²) in [7, 11) is -4.67. The highest BCUT2D eigenvalue weighted by Crippen LogP contribution is 2.43. The third-order valence-corrected chi connectivity index (χ3v) is 6.48. The highest BCUT2D eigenvalue weighted by atomic mass is 32.3. The van der Waals surface area contributed by atoms with Gasteiger partial charge in [-0.1, -0.05) is 66.2 Å². The molecule has 1 amide bonds. The molecule has 0 atom stereocenters. The third kappa shape index (κ3) is 10.4. The quantitative estimate of drug-likeness (QED) is 0.221. The number of unbranched alkanes of at least 4 members (excludes halogenated alkanes) is 6. The summed E-state index contributed by atoms with van der Waals surface area (Å²) in [5, 5.41) is 12.6. The first kappa shape index (κ1) is 31.9. The zero-order valence-electron chi connectivity index (χ0n) is 22.6. The number of aliphatic carboxylic acids is 1. The van der Waals surface area contributed by atoms with Crippen molar-refractivity contribution in [3.05, 3.63) is 22.3 Å². The van der Waals surface area contributed by atoms with E-state index >= 15 is 0 Å². The normalized spacial score (nSPS) is 13.2. The number of nitrogens with zero attached hydrogens (tertiary/aromatic N) is 1. The van der Waals surface area contributed by atoms with Crippen LogP contribution in [-0.4, -0.2) is 47.6 Å². The average molecular weight is 529 g/mol. The highest BCUT2D eigenvalue weighted by molar-refractivity contribution is 7.79. The molecule has 0 fully saturated rings. The van der Waals surface area contributed by atoms with E-state index in [1.807, 2.05) is 34.6 Å². The van der Waals surface area contributed by atoms with Crippen LogP contribution in [0.3, 0.4) is 0 Å². The van der Waals surface area contributed by atoms with Crippen molar-refractivity contribution in [1.82, 2.24) is 0 Å². The summed E-state index contributed by atoms with van der Waals surface area (Å²) < 4.78 is 31.6. The van der Waals surface area contributed by atoms with E-state index in [9.17, 15) is 14.7 Å². The lowest BCUT2D eigenvalue weighted by Crippen LogP contribution is -2.30. The highest BCUT2D eigenvalue weighted by Gasteiger charge is 2.31. The van der Waals surface area contributed by atoms with Crippen LogP contribution in [0.15, 0.2) is 0 Å². The van der Waals surface area contributed by atoms with E-state index in [2.05, 4.69) is 17.1 Å². The van der Waals surface area contributed by atoms with Crippen molar-refractivity contribution < 1.29 is 32.2 Å². The first-order chi connectivity index (χ1) is 16.6. The molecule has 4 N–H and O–H groups in total. The van der Waals surface area contributed by atoms with Crippen LogP contribution in [0.5, 0.6) is 0 Å². The molecule has 206 valence electrons. The van der Waals surface area contributed by atoms with Crippen molar-refractivity contribution in [1.29, 1.82) is 0 Å². The van der Waals surface area contributed by atoms with Gasteiger partial charge in [-0.3, -0.25) is 18.7 Å². The smallest absolute Gasteiger partial charge is 0.394 e. The number of fused-ring (bicyclic) bond motifs is 1. The minimum absolute atomic E-state index is 0.0128. The molecule has 36 heavy (non-hydrogen) atoms. The maximum atomic E-state index is 12.9. The minimum atomic E-state index is -4.67. The second kappa shape index (κ2) is 13.9. The fourth-order valence-corrected chi connectivity index (χ4v) is 4.49. The molecule has 0 radical (unpaired) electrons. The Kier molecular flexibility index (Phi) is 12.3. The second-order valence-electron chi connectivity index (χ2n) is 10.5. The van der Waals surface area contributed by atoms with Crippen LogP contribution in [0.25, 0.3) is 0 Å². The number of hydrogen-bond acceptors (Lipinski definition) is 5. The largest absolute Gasteiger partial charge is 0.481 e. The van der Waals surface area contributed by atoms with Crippen LogP contribution in [0.1, 0.15) is 94.9 Å². The molecule has 0 saturated carbocycles. The summed E-state index contributed by atoms with van der Waals surface area (Å²) in [5.74, 6) is -0.872. The number of anilines is 2. The van der Waals surface area contributed by atoms with Crippen molar-refractivity contribution in [3.8, 4) is 0 Å². The van der Waals surface area contributed by atoms with E-state index in [0.29, 0.717) is 0 Å². The van der Waals surface area contributed by atoms with Gasteiger partial charge in [-0.15, -0.1) is 0 Å². The summed E-state index contributed by atoms with van der Waals surface area (Å²) >= 11 is 0. The summed E-state index contributed by atoms with van der Waals surface area (Å²) in [6, 6.07) is 0. The minimum Gasteiger partial charge on any atom is -0.481 e. The fraction of sp³-hybridized carbons (Fsp3) is 0.692. The van der Waals surface area contributed by atoms with Crippen molar-refractivity contribution in [2.75, 3.05) is 23.3 Å². The molecule has 1 aliphatic heterocycles. The van der Waals surface area contributed by atoms with Crippen LogP contribution in [0.4, 0.5) is 11.4 Å². The standard InChI is InChI=1S/C26H42N2O3.H2O4S/c1-7-8-9-10-11-12-13-15-28-16-14-20-18(2)21(17-22(29)30)19(3)23(24(20)28)27-25(31)26(4,5)6;1-5(2,3)4/h7-17H2,1-6H3,(H,27,31)(H,29,30);(H2,1,2,3,4). The lowest BCUT2D eigenvalue weighted by Gasteiger charge is -2.28. The third-order valence-electron chi connectivity index (χ3n) is 6.48. The number of carbonyl (C=O) groups excluding carboxylic acids is 1. The van der Waals surface area contributed by atoms with Gasteiger partial charge >= 0.3 is 16.4 Å². The van der Waals surface area contributed by atoms with Crippen LogP contribution in [0, 0.1) is 19.3 Å². The number of carboxylic acids is 1. The van der Waals surface area contributed by atoms with Crippen LogP contribution in [-0.2, 0) is 32.8 Å². The first-order valence-corrected chi connectivity index (χ1v) is 14.1. The molecule has 1 aliphatic rings. The van der Waals surface area contributed by atoms with Crippen LogP contribution < -0.4 is 10.2 Å². The summed E-state index contributed by atoms with van der Waals surface area (Å²) in [6.07, 6.45) is 9.80. The molecule has 0 aromatic heterocycles. The summed E-state index contributed by atoms with van der Waals surface area (Å²) in [6.45, 7) is 13.9. The van der Waals surface area contributed by atoms with Gasteiger partial charge in [0.2, 0.25) is 5.91 Å². The lowest BCUT2D eigenvalue weighted by atomic mass is 9.90. The maximum absolute atomic E-state index is 12.9. The molecule has 1 heterocycles. The molecule has 0 spiro atoms. The molecule has 9 nitrogen and oxygen atoms in total.